The summed E-state index contributed by atoms with van der Waals surface area (Å²) in [5, 5.41) is 8.35. The van der Waals surface area contributed by atoms with E-state index in [1.807, 2.05) is 0 Å². The van der Waals surface area contributed by atoms with Crippen LogP contribution in [-0.2, 0) is 19.4 Å². The normalized spacial score (nSPS) is 21.8. The molecule has 21 heavy (non-hydrogen) atoms. The molecule has 3 nitrogen and oxygen atoms in total. The van der Waals surface area contributed by atoms with Gasteiger partial charge in [0.2, 0.25) is 0 Å². The average Bonchev–Trinajstić information content (AvgIpc) is 2.75. The average molecular weight is 356 g/mol. The van der Waals surface area contributed by atoms with Gasteiger partial charge in [0.05, 0.1) is 15.9 Å². The third-order valence-electron chi connectivity index (χ3n) is 4.68. The van der Waals surface area contributed by atoms with Crippen molar-refractivity contribution in [2.45, 2.75) is 59.9 Å². The van der Waals surface area contributed by atoms with Gasteiger partial charge in [0.1, 0.15) is 0 Å². The van der Waals surface area contributed by atoms with E-state index < -0.39 is 0 Å². The third kappa shape index (κ3) is 4.10. The number of nitrogens with zero attached hydrogens (tertiary/aromatic N) is 2. The quantitative estimate of drug-likeness (QED) is 0.762. The SMILES string of the molecule is CCc1nn(CC)c(CC2CCC2CNCC(C)C)c1Br. The molecule has 1 aromatic heterocycles. The molecule has 1 aliphatic carbocycles. The maximum Gasteiger partial charge on any atom is 0.0766 e. The Morgan fingerprint density at radius 2 is 2.00 bits per heavy atom. The Bertz CT molecular complexity index is 453. The molecule has 2 rings (SSSR count). The van der Waals surface area contributed by atoms with Gasteiger partial charge in [0, 0.05) is 6.54 Å². The van der Waals surface area contributed by atoms with Crippen molar-refractivity contribution in [2.24, 2.45) is 17.8 Å². The molecular weight excluding hydrogens is 326 g/mol. The van der Waals surface area contributed by atoms with Crippen molar-refractivity contribution in [1.82, 2.24) is 15.1 Å². The lowest BCUT2D eigenvalue weighted by molar-refractivity contribution is 0.166. The van der Waals surface area contributed by atoms with Gasteiger partial charge in [-0.05, 0) is 79.4 Å². The van der Waals surface area contributed by atoms with E-state index in [-0.39, 0.29) is 0 Å². The molecule has 2 unspecified atom stereocenters. The van der Waals surface area contributed by atoms with Crippen LogP contribution in [0.2, 0.25) is 0 Å². The maximum absolute atomic E-state index is 4.72. The Labute approximate surface area is 138 Å². The van der Waals surface area contributed by atoms with Crippen molar-refractivity contribution in [3.05, 3.63) is 15.9 Å². The fourth-order valence-electron chi connectivity index (χ4n) is 3.19. The van der Waals surface area contributed by atoms with Crippen LogP contribution in [0.1, 0.15) is 51.9 Å². The van der Waals surface area contributed by atoms with Crippen molar-refractivity contribution in [3.63, 3.8) is 0 Å². The van der Waals surface area contributed by atoms with Crippen LogP contribution in [0.4, 0.5) is 0 Å². The first-order chi connectivity index (χ1) is 10.1. The molecule has 1 fully saturated rings. The first kappa shape index (κ1) is 17.0. The fraction of sp³-hybridized carbons (Fsp3) is 0.824. The Balaban J connectivity index is 1.94. The van der Waals surface area contributed by atoms with Gasteiger partial charge in [0.25, 0.3) is 0 Å². The summed E-state index contributed by atoms with van der Waals surface area (Å²) in [5.41, 5.74) is 2.62. The number of nitrogens with one attached hydrogen (secondary N) is 1. The molecule has 1 saturated carbocycles. The Morgan fingerprint density at radius 1 is 1.29 bits per heavy atom. The predicted octanol–water partition coefficient (Wildman–Crippen LogP) is 4.04. The molecule has 0 aromatic carbocycles. The Morgan fingerprint density at radius 3 is 2.52 bits per heavy atom. The lowest BCUT2D eigenvalue weighted by Crippen LogP contribution is -2.37. The molecule has 0 spiro atoms. The molecule has 0 amide bonds. The predicted molar refractivity (Wildman–Crippen MR) is 92.6 cm³/mol. The molecule has 4 heteroatoms. The molecular formula is C17H30BrN3. The molecule has 0 radical (unpaired) electrons. The lowest BCUT2D eigenvalue weighted by atomic mass is 9.71. The minimum Gasteiger partial charge on any atom is -0.316 e. The second kappa shape index (κ2) is 7.77. The van der Waals surface area contributed by atoms with Gasteiger partial charge in [-0.15, -0.1) is 0 Å². The summed E-state index contributed by atoms with van der Waals surface area (Å²) in [6.07, 6.45) is 4.94. The van der Waals surface area contributed by atoms with E-state index in [1.165, 1.54) is 41.7 Å². The highest BCUT2D eigenvalue weighted by Crippen LogP contribution is 2.38. The molecule has 1 heterocycles. The second-order valence-corrected chi connectivity index (χ2v) is 7.52. The van der Waals surface area contributed by atoms with Crippen LogP contribution < -0.4 is 5.32 Å². The summed E-state index contributed by atoms with van der Waals surface area (Å²) >= 11 is 3.78. The number of halogens is 1. The first-order valence-corrected chi connectivity index (χ1v) is 9.30. The van der Waals surface area contributed by atoms with Crippen LogP contribution >= 0.6 is 15.9 Å². The van der Waals surface area contributed by atoms with Crippen LogP contribution in [0.25, 0.3) is 0 Å². The largest absolute Gasteiger partial charge is 0.316 e. The molecule has 120 valence electrons. The van der Waals surface area contributed by atoms with E-state index in [4.69, 9.17) is 5.10 Å². The minimum atomic E-state index is 0.742. The Kier molecular flexibility index (Phi) is 6.30. The Hall–Kier alpha value is -0.350. The van der Waals surface area contributed by atoms with Gasteiger partial charge < -0.3 is 5.32 Å². The van der Waals surface area contributed by atoms with Gasteiger partial charge in [-0.2, -0.15) is 5.10 Å². The van der Waals surface area contributed by atoms with Gasteiger partial charge in [-0.3, -0.25) is 4.68 Å². The molecule has 2 atom stereocenters. The lowest BCUT2D eigenvalue weighted by Gasteiger charge is -2.37. The van der Waals surface area contributed by atoms with Gasteiger partial charge in [0.15, 0.2) is 0 Å². The van der Waals surface area contributed by atoms with Crippen molar-refractivity contribution in [2.75, 3.05) is 13.1 Å². The van der Waals surface area contributed by atoms with Crippen LogP contribution in [-0.4, -0.2) is 22.9 Å². The summed E-state index contributed by atoms with van der Waals surface area (Å²) in [4.78, 5) is 0. The van der Waals surface area contributed by atoms with Crippen molar-refractivity contribution >= 4 is 15.9 Å². The van der Waals surface area contributed by atoms with E-state index in [1.54, 1.807) is 0 Å². The molecule has 1 N–H and O–H groups in total. The summed E-state index contributed by atoms with van der Waals surface area (Å²) in [6, 6.07) is 0. The maximum atomic E-state index is 4.72. The smallest absolute Gasteiger partial charge is 0.0766 e. The van der Waals surface area contributed by atoms with Crippen molar-refractivity contribution in [1.29, 1.82) is 0 Å². The summed E-state index contributed by atoms with van der Waals surface area (Å²) in [5.74, 6) is 2.42. The standard InChI is InChI=1S/C17H30BrN3/c1-5-15-17(18)16(21(6-2)20-15)9-13-7-8-14(13)11-19-10-12(3)4/h12-14,19H,5-11H2,1-4H3. The monoisotopic (exact) mass is 355 g/mol. The zero-order valence-electron chi connectivity index (χ0n) is 14.0. The number of rotatable bonds is 8. The number of hydrogen-bond donors (Lipinski definition) is 1. The number of hydrogen-bond acceptors (Lipinski definition) is 2. The molecule has 0 aliphatic heterocycles. The van der Waals surface area contributed by atoms with Crippen molar-refractivity contribution < 1.29 is 0 Å². The van der Waals surface area contributed by atoms with Gasteiger partial charge in [-0.25, -0.2) is 0 Å². The number of aryl methyl sites for hydroxylation is 2. The summed E-state index contributed by atoms with van der Waals surface area (Å²) < 4.78 is 3.45. The highest BCUT2D eigenvalue weighted by Gasteiger charge is 2.32. The van der Waals surface area contributed by atoms with E-state index in [0.717, 1.165) is 37.3 Å². The van der Waals surface area contributed by atoms with Crippen LogP contribution in [0.5, 0.6) is 0 Å². The zero-order chi connectivity index (χ0) is 15.4. The van der Waals surface area contributed by atoms with Gasteiger partial charge >= 0.3 is 0 Å². The third-order valence-corrected chi connectivity index (χ3v) is 5.60. The highest BCUT2D eigenvalue weighted by molar-refractivity contribution is 9.10. The van der Waals surface area contributed by atoms with E-state index in [9.17, 15) is 0 Å². The molecule has 1 aromatic rings. The van der Waals surface area contributed by atoms with Crippen molar-refractivity contribution in [3.8, 4) is 0 Å². The summed E-state index contributed by atoms with van der Waals surface area (Å²) in [6.45, 7) is 12.2. The molecule has 1 aliphatic rings. The number of aromatic nitrogens is 2. The van der Waals surface area contributed by atoms with E-state index in [0.29, 0.717) is 0 Å². The van der Waals surface area contributed by atoms with Crippen LogP contribution in [0.15, 0.2) is 4.47 Å². The molecule has 0 bridgehead atoms. The first-order valence-electron chi connectivity index (χ1n) is 8.51. The van der Waals surface area contributed by atoms with E-state index in [2.05, 4.69) is 53.6 Å². The topological polar surface area (TPSA) is 29.9 Å². The highest BCUT2D eigenvalue weighted by atomic mass is 79.9. The summed E-state index contributed by atoms with van der Waals surface area (Å²) in [7, 11) is 0. The minimum absolute atomic E-state index is 0.742. The fourth-order valence-corrected chi connectivity index (χ4v) is 3.92. The van der Waals surface area contributed by atoms with Crippen LogP contribution in [0.3, 0.4) is 0 Å². The van der Waals surface area contributed by atoms with Gasteiger partial charge in [-0.1, -0.05) is 20.8 Å². The molecule has 0 saturated heterocycles. The van der Waals surface area contributed by atoms with E-state index >= 15 is 0 Å². The zero-order valence-corrected chi connectivity index (χ0v) is 15.5. The second-order valence-electron chi connectivity index (χ2n) is 6.73. The van der Waals surface area contributed by atoms with Crippen LogP contribution in [0, 0.1) is 17.8 Å².